The normalized spacial score (nSPS) is 10.2. The predicted octanol–water partition coefficient (Wildman–Crippen LogP) is 3.54. The zero-order valence-electron chi connectivity index (χ0n) is 13.7. The molecule has 1 aromatic carbocycles. The van der Waals surface area contributed by atoms with E-state index >= 15 is 0 Å². The van der Waals surface area contributed by atoms with E-state index in [1.807, 2.05) is 55.6 Å². The van der Waals surface area contributed by atoms with Crippen LogP contribution in [0.4, 0.5) is 17.5 Å². The molecule has 0 atom stereocenters. The van der Waals surface area contributed by atoms with Gasteiger partial charge in [0.05, 0.1) is 7.11 Å². The van der Waals surface area contributed by atoms with Gasteiger partial charge in [-0.3, -0.25) is 4.98 Å². The number of nitrogens with zero attached hydrogens (tertiary/aromatic N) is 3. The first-order valence-electron chi connectivity index (χ1n) is 7.62. The predicted molar refractivity (Wildman–Crippen MR) is 94.6 cm³/mol. The minimum Gasteiger partial charge on any atom is -0.497 e. The lowest BCUT2D eigenvalue weighted by Gasteiger charge is -2.10. The molecule has 3 aromatic rings. The summed E-state index contributed by atoms with van der Waals surface area (Å²) in [6.07, 6.45) is 3.57. The number of hydrogen-bond acceptors (Lipinski definition) is 6. The van der Waals surface area contributed by atoms with Crippen LogP contribution in [0.5, 0.6) is 5.75 Å². The van der Waals surface area contributed by atoms with Crippen LogP contribution in [0.3, 0.4) is 0 Å². The molecule has 6 heteroatoms. The molecule has 6 nitrogen and oxygen atoms in total. The van der Waals surface area contributed by atoms with E-state index in [0.29, 0.717) is 12.5 Å². The molecule has 0 unspecified atom stereocenters. The molecule has 0 aliphatic heterocycles. The second-order valence-electron chi connectivity index (χ2n) is 5.29. The summed E-state index contributed by atoms with van der Waals surface area (Å²) in [5.41, 5.74) is 2.86. The second-order valence-corrected chi connectivity index (χ2v) is 5.29. The summed E-state index contributed by atoms with van der Waals surface area (Å²) in [5, 5.41) is 6.50. The number of nitrogens with one attached hydrogen (secondary N) is 2. The Bertz CT molecular complexity index is 808. The molecule has 0 amide bonds. The van der Waals surface area contributed by atoms with Crippen LogP contribution >= 0.6 is 0 Å². The minimum atomic E-state index is 0.573. The molecule has 122 valence electrons. The molecule has 2 N–H and O–H groups in total. The number of benzene rings is 1. The monoisotopic (exact) mass is 321 g/mol. The van der Waals surface area contributed by atoms with Gasteiger partial charge in [-0.1, -0.05) is 12.1 Å². The fourth-order valence-corrected chi connectivity index (χ4v) is 2.24. The van der Waals surface area contributed by atoms with Gasteiger partial charge >= 0.3 is 0 Å². The summed E-state index contributed by atoms with van der Waals surface area (Å²) >= 11 is 0. The first-order chi connectivity index (χ1) is 11.7. The molecule has 0 radical (unpaired) electrons. The van der Waals surface area contributed by atoms with Crippen LogP contribution in [-0.2, 0) is 6.54 Å². The number of rotatable bonds is 6. The molecule has 24 heavy (non-hydrogen) atoms. The molecule has 2 heterocycles. The Hall–Kier alpha value is -3.15. The van der Waals surface area contributed by atoms with Crippen molar-refractivity contribution in [3.05, 3.63) is 66.1 Å². The van der Waals surface area contributed by atoms with Crippen molar-refractivity contribution in [2.45, 2.75) is 13.5 Å². The van der Waals surface area contributed by atoms with Gasteiger partial charge in [0, 0.05) is 42.5 Å². The molecule has 0 saturated carbocycles. The highest BCUT2D eigenvalue weighted by atomic mass is 16.5. The Morgan fingerprint density at radius 3 is 2.79 bits per heavy atom. The highest BCUT2D eigenvalue weighted by Crippen LogP contribution is 2.21. The van der Waals surface area contributed by atoms with Crippen molar-refractivity contribution in [1.82, 2.24) is 15.0 Å². The summed E-state index contributed by atoms with van der Waals surface area (Å²) in [6.45, 7) is 2.56. The summed E-state index contributed by atoms with van der Waals surface area (Å²) in [5.74, 6) is 2.09. The smallest absolute Gasteiger partial charge is 0.225 e. The second kappa shape index (κ2) is 7.41. The van der Waals surface area contributed by atoms with Gasteiger partial charge < -0.3 is 15.4 Å². The molecule has 0 fully saturated rings. The standard InChI is InChI=1S/C18H19N5O/c1-13-9-17(22-15-6-3-7-16(10-15)24-2)23-18(21-13)20-12-14-5-4-8-19-11-14/h3-11H,12H2,1-2H3,(H2,20,21,22,23). The van der Waals surface area contributed by atoms with E-state index in [0.717, 1.165) is 28.5 Å². The van der Waals surface area contributed by atoms with Crippen molar-refractivity contribution in [3.8, 4) is 5.75 Å². The number of hydrogen-bond donors (Lipinski definition) is 2. The molecule has 2 aromatic heterocycles. The maximum absolute atomic E-state index is 5.24. The quantitative estimate of drug-likeness (QED) is 0.723. The third-order valence-corrected chi connectivity index (χ3v) is 3.37. The number of pyridine rings is 1. The highest BCUT2D eigenvalue weighted by Gasteiger charge is 2.04. The van der Waals surface area contributed by atoms with Crippen LogP contribution in [-0.4, -0.2) is 22.1 Å². The van der Waals surface area contributed by atoms with E-state index < -0.39 is 0 Å². The van der Waals surface area contributed by atoms with E-state index in [1.54, 1.807) is 13.3 Å². The van der Waals surface area contributed by atoms with Crippen LogP contribution in [0.25, 0.3) is 0 Å². The van der Waals surface area contributed by atoms with Crippen LogP contribution in [0.2, 0.25) is 0 Å². The summed E-state index contributed by atoms with van der Waals surface area (Å²) < 4.78 is 5.24. The molecule has 3 rings (SSSR count). The Morgan fingerprint density at radius 2 is 2.00 bits per heavy atom. The number of anilines is 3. The van der Waals surface area contributed by atoms with Gasteiger partial charge in [0.15, 0.2) is 0 Å². The van der Waals surface area contributed by atoms with Gasteiger partial charge in [-0.2, -0.15) is 4.98 Å². The van der Waals surface area contributed by atoms with Crippen molar-refractivity contribution < 1.29 is 4.74 Å². The SMILES string of the molecule is COc1cccc(Nc2cc(C)nc(NCc3cccnc3)n2)c1. The third kappa shape index (κ3) is 4.19. The largest absolute Gasteiger partial charge is 0.497 e. The average molecular weight is 321 g/mol. The summed E-state index contributed by atoms with van der Waals surface area (Å²) in [4.78, 5) is 13.0. The first kappa shape index (κ1) is 15.7. The summed E-state index contributed by atoms with van der Waals surface area (Å²) in [6, 6.07) is 13.5. The molecule has 0 aliphatic rings. The van der Waals surface area contributed by atoms with Crippen molar-refractivity contribution in [3.63, 3.8) is 0 Å². The van der Waals surface area contributed by atoms with Gasteiger partial charge in [0.2, 0.25) is 5.95 Å². The Kier molecular flexibility index (Phi) is 4.86. The maximum Gasteiger partial charge on any atom is 0.225 e. The molecular weight excluding hydrogens is 302 g/mol. The van der Waals surface area contributed by atoms with E-state index in [-0.39, 0.29) is 0 Å². The molecule has 0 bridgehead atoms. The van der Waals surface area contributed by atoms with Crippen molar-refractivity contribution in [2.24, 2.45) is 0 Å². The molecule has 0 saturated heterocycles. The van der Waals surface area contributed by atoms with Crippen LogP contribution in [0, 0.1) is 6.92 Å². The van der Waals surface area contributed by atoms with Gasteiger partial charge in [0.1, 0.15) is 11.6 Å². The van der Waals surface area contributed by atoms with E-state index in [2.05, 4.69) is 25.6 Å². The minimum absolute atomic E-state index is 0.573. The lowest BCUT2D eigenvalue weighted by molar-refractivity contribution is 0.415. The first-order valence-corrected chi connectivity index (χ1v) is 7.62. The number of methoxy groups -OCH3 is 1. The Morgan fingerprint density at radius 1 is 1.08 bits per heavy atom. The average Bonchev–Trinajstić information content (AvgIpc) is 2.60. The fourth-order valence-electron chi connectivity index (χ4n) is 2.24. The van der Waals surface area contributed by atoms with Crippen LogP contribution < -0.4 is 15.4 Å². The van der Waals surface area contributed by atoms with Gasteiger partial charge in [-0.25, -0.2) is 4.98 Å². The van der Waals surface area contributed by atoms with Crippen LogP contribution in [0.15, 0.2) is 54.9 Å². The summed E-state index contributed by atoms with van der Waals surface area (Å²) in [7, 11) is 1.65. The van der Waals surface area contributed by atoms with Crippen molar-refractivity contribution in [2.75, 3.05) is 17.7 Å². The molecule has 0 spiro atoms. The lowest BCUT2D eigenvalue weighted by Crippen LogP contribution is -2.06. The topological polar surface area (TPSA) is 72.0 Å². The number of aryl methyl sites for hydroxylation is 1. The van der Waals surface area contributed by atoms with Crippen molar-refractivity contribution in [1.29, 1.82) is 0 Å². The lowest BCUT2D eigenvalue weighted by atomic mass is 10.3. The van der Waals surface area contributed by atoms with Crippen LogP contribution in [0.1, 0.15) is 11.3 Å². The number of aromatic nitrogens is 3. The zero-order valence-corrected chi connectivity index (χ0v) is 13.7. The molecule has 0 aliphatic carbocycles. The van der Waals surface area contributed by atoms with E-state index in [4.69, 9.17) is 4.74 Å². The Balaban J connectivity index is 1.73. The highest BCUT2D eigenvalue weighted by molar-refractivity contribution is 5.59. The fraction of sp³-hybridized carbons (Fsp3) is 0.167. The zero-order chi connectivity index (χ0) is 16.8. The Labute approximate surface area is 141 Å². The maximum atomic E-state index is 5.24. The van der Waals surface area contributed by atoms with Gasteiger partial charge in [-0.05, 0) is 30.7 Å². The number of ether oxygens (including phenoxy) is 1. The molecular formula is C18H19N5O. The third-order valence-electron chi connectivity index (χ3n) is 3.37. The van der Waals surface area contributed by atoms with E-state index in [9.17, 15) is 0 Å². The van der Waals surface area contributed by atoms with Gasteiger partial charge in [-0.15, -0.1) is 0 Å². The van der Waals surface area contributed by atoms with E-state index in [1.165, 1.54) is 0 Å². The van der Waals surface area contributed by atoms with Gasteiger partial charge in [0.25, 0.3) is 0 Å². The van der Waals surface area contributed by atoms with Crippen molar-refractivity contribution >= 4 is 17.5 Å².